The van der Waals surface area contributed by atoms with Crippen molar-refractivity contribution >= 4 is 58.0 Å². The van der Waals surface area contributed by atoms with Crippen LogP contribution in [0.25, 0.3) is 90.9 Å². The van der Waals surface area contributed by atoms with Gasteiger partial charge in [0.2, 0.25) is 5.91 Å². The number of carbonyl (C=O) groups is 1. The van der Waals surface area contributed by atoms with Crippen molar-refractivity contribution in [3.8, 4) is 44.5 Å². The molecule has 5 heterocycles. The van der Waals surface area contributed by atoms with Crippen molar-refractivity contribution in [1.82, 2.24) is 19.9 Å². The van der Waals surface area contributed by atoms with Gasteiger partial charge in [-0.2, -0.15) is 0 Å². The van der Waals surface area contributed by atoms with E-state index in [0.29, 0.717) is 12.1 Å². The first-order valence-corrected chi connectivity index (χ1v) is 20.1. The van der Waals surface area contributed by atoms with Crippen LogP contribution in [-0.4, -0.2) is 31.9 Å². The average molecular weight is 777 g/mol. The van der Waals surface area contributed by atoms with E-state index in [-0.39, 0.29) is 5.91 Å². The lowest BCUT2D eigenvalue weighted by molar-refractivity contribution is -0.117. The van der Waals surface area contributed by atoms with Crippen LogP contribution in [0.1, 0.15) is 28.3 Å². The van der Waals surface area contributed by atoms with Gasteiger partial charge in [0.05, 0.1) is 28.8 Å². The van der Waals surface area contributed by atoms with Crippen molar-refractivity contribution in [3.63, 3.8) is 0 Å². The first kappa shape index (κ1) is 36.5. The van der Waals surface area contributed by atoms with Crippen molar-refractivity contribution in [2.75, 3.05) is 5.32 Å². The molecule has 0 saturated heterocycles. The lowest BCUT2D eigenvalue weighted by Gasteiger charge is -2.13. The quantitative estimate of drug-likeness (QED) is 0.123. The number of nitrogens with zero attached hydrogens (tertiary/aromatic N) is 2. The molecule has 0 saturated carbocycles. The van der Waals surface area contributed by atoms with Crippen LogP contribution >= 0.6 is 0 Å². The Bertz CT molecular complexity index is 3060. The number of rotatable bonds is 8. The highest BCUT2D eigenvalue weighted by Gasteiger charge is 2.20. The molecule has 7 nitrogen and oxygen atoms in total. The summed E-state index contributed by atoms with van der Waals surface area (Å²) in [6.07, 6.45) is 8.85. The van der Waals surface area contributed by atoms with Crippen molar-refractivity contribution in [2.24, 2.45) is 5.73 Å². The minimum absolute atomic E-state index is 0.237. The Kier molecular flexibility index (Phi) is 9.61. The molecule has 5 aromatic carbocycles. The van der Waals surface area contributed by atoms with Gasteiger partial charge >= 0.3 is 0 Å². The van der Waals surface area contributed by atoms with Crippen molar-refractivity contribution in [2.45, 2.75) is 12.5 Å². The van der Waals surface area contributed by atoms with Crippen LogP contribution < -0.4 is 11.1 Å². The third-order valence-corrected chi connectivity index (χ3v) is 11.0. The molecule has 5 N–H and O–H groups in total. The SMILES string of the molecule is N[C@@H](Cc1ccccc1)C(=O)Nc1ccc(-c2c3nc(c(-c4ccccc4)c4ccc([nH]4)c(-c4ccccc4)c4nc(c(-c5ccccc5)c5ccc2[nH]5)C=C4)C=C3)cc1. The first-order valence-electron chi connectivity index (χ1n) is 20.1. The van der Waals surface area contributed by atoms with E-state index >= 15 is 0 Å². The lowest BCUT2D eigenvalue weighted by Crippen LogP contribution is -2.37. The van der Waals surface area contributed by atoms with Gasteiger partial charge in [0.15, 0.2) is 0 Å². The second-order valence-electron chi connectivity index (χ2n) is 15.0. The van der Waals surface area contributed by atoms with Crippen molar-refractivity contribution < 1.29 is 4.79 Å². The molecule has 3 aromatic heterocycles. The first-order chi connectivity index (χ1) is 29.6. The number of benzene rings is 5. The minimum Gasteiger partial charge on any atom is -0.354 e. The molecule has 288 valence electrons. The summed E-state index contributed by atoms with van der Waals surface area (Å²) < 4.78 is 0. The van der Waals surface area contributed by atoms with Gasteiger partial charge in [-0.15, -0.1) is 0 Å². The fraction of sp³-hybridized carbons (Fsp3) is 0.0377. The number of carbonyl (C=O) groups excluding carboxylic acids is 1. The van der Waals surface area contributed by atoms with E-state index in [1.54, 1.807) is 0 Å². The van der Waals surface area contributed by atoms with E-state index in [2.05, 4.69) is 137 Å². The molecule has 8 aromatic rings. The van der Waals surface area contributed by atoms with Gasteiger partial charge in [0.1, 0.15) is 0 Å². The monoisotopic (exact) mass is 776 g/mol. The summed E-state index contributed by atoms with van der Waals surface area (Å²) in [4.78, 5) is 31.6. The van der Waals surface area contributed by atoms with Gasteiger partial charge < -0.3 is 21.0 Å². The fourth-order valence-corrected chi connectivity index (χ4v) is 8.15. The maximum atomic E-state index is 13.2. The summed E-state index contributed by atoms with van der Waals surface area (Å²) in [5.74, 6) is -0.237. The van der Waals surface area contributed by atoms with Gasteiger partial charge in [0, 0.05) is 50.0 Å². The summed E-state index contributed by atoms with van der Waals surface area (Å²) in [5, 5.41) is 3.02. The van der Waals surface area contributed by atoms with Crippen LogP contribution in [0.4, 0.5) is 5.69 Å². The maximum absolute atomic E-state index is 13.2. The zero-order chi connectivity index (χ0) is 40.4. The average Bonchev–Trinajstić information content (AvgIpc) is 4.14. The lowest BCUT2D eigenvalue weighted by atomic mass is 10.0. The largest absolute Gasteiger partial charge is 0.354 e. The Balaban J connectivity index is 1.20. The van der Waals surface area contributed by atoms with Crippen LogP contribution in [0.3, 0.4) is 0 Å². The smallest absolute Gasteiger partial charge is 0.241 e. The number of nitrogens with two attached hydrogens (primary N) is 1. The van der Waals surface area contributed by atoms with Crippen molar-refractivity contribution in [1.29, 1.82) is 0 Å². The second kappa shape index (κ2) is 15.8. The summed E-state index contributed by atoms with van der Waals surface area (Å²) >= 11 is 0. The summed E-state index contributed by atoms with van der Waals surface area (Å²) in [7, 11) is 0. The van der Waals surface area contributed by atoms with Crippen molar-refractivity contribution in [3.05, 3.63) is 198 Å². The van der Waals surface area contributed by atoms with Gasteiger partial charge in [-0.05, 0) is 94.9 Å². The Labute approximate surface area is 347 Å². The topological polar surface area (TPSA) is 112 Å². The molecule has 60 heavy (non-hydrogen) atoms. The van der Waals surface area contributed by atoms with Gasteiger partial charge in [0.25, 0.3) is 0 Å². The molecule has 2 aliphatic rings. The molecule has 0 unspecified atom stereocenters. The van der Waals surface area contributed by atoms with Crippen LogP contribution in [-0.2, 0) is 11.2 Å². The molecule has 2 aliphatic heterocycles. The molecule has 0 radical (unpaired) electrons. The highest BCUT2D eigenvalue weighted by atomic mass is 16.2. The Morgan fingerprint density at radius 3 is 1.15 bits per heavy atom. The number of anilines is 1. The number of hydrogen-bond acceptors (Lipinski definition) is 4. The second-order valence-corrected chi connectivity index (χ2v) is 15.0. The minimum atomic E-state index is -0.685. The number of H-pyrrole nitrogens is 2. The Hall–Kier alpha value is -7.87. The van der Waals surface area contributed by atoms with E-state index in [1.165, 1.54) is 0 Å². The Morgan fingerprint density at radius 2 is 0.783 bits per heavy atom. The molecule has 7 heteroatoms. The number of aromatic nitrogens is 4. The zero-order valence-corrected chi connectivity index (χ0v) is 32.6. The van der Waals surface area contributed by atoms with Crippen LogP contribution in [0, 0.1) is 0 Å². The summed E-state index contributed by atoms with van der Waals surface area (Å²) in [6, 6.07) is 56.7. The van der Waals surface area contributed by atoms with Crippen LogP contribution in [0.5, 0.6) is 0 Å². The number of fused-ring (bicyclic) bond motifs is 8. The fourth-order valence-electron chi connectivity index (χ4n) is 8.15. The molecule has 8 bridgehead atoms. The van der Waals surface area contributed by atoms with E-state index < -0.39 is 6.04 Å². The molecule has 0 spiro atoms. The third-order valence-electron chi connectivity index (χ3n) is 11.0. The number of amides is 1. The predicted octanol–water partition coefficient (Wildman–Crippen LogP) is 11.8. The molecule has 1 atom stereocenters. The van der Waals surface area contributed by atoms with Crippen LogP contribution in [0.2, 0.25) is 0 Å². The number of hydrogen-bond donors (Lipinski definition) is 4. The summed E-state index contributed by atoms with van der Waals surface area (Å²) in [5.41, 5.74) is 23.1. The highest BCUT2D eigenvalue weighted by Crippen LogP contribution is 2.38. The molecular weight excluding hydrogens is 737 g/mol. The number of aromatic amines is 2. The van der Waals surface area contributed by atoms with E-state index in [0.717, 1.165) is 94.9 Å². The van der Waals surface area contributed by atoms with E-state index in [4.69, 9.17) is 15.7 Å². The third kappa shape index (κ3) is 7.15. The molecule has 0 fully saturated rings. The normalized spacial score (nSPS) is 12.3. The van der Waals surface area contributed by atoms with Gasteiger partial charge in [-0.3, -0.25) is 4.79 Å². The van der Waals surface area contributed by atoms with Crippen LogP contribution in [0.15, 0.2) is 170 Å². The summed E-state index contributed by atoms with van der Waals surface area (Å²) in [6.45, 7) is 0. The van der Waals surface area contributed by atoms with E-state index in [9.17, 15) is 4.79 Å². The number of nitrogens with one attached hydrogen (secondary N) is 3. The maximum Gasteiger partial charge on any atom is 0.241 e. The molecule has 0 aliphatic carbocycles. The zero-order valence-electron chi connectivity index (χ0n) is 32.6. The Morgan fingerprint density at radius 1 is 0.450 bits per heavy atom. The predicted molar refractivity (Wildman–Crippen MR) is 247 cm³/mol. The molecule has 10 rings (SSSR count). The molecule has 1 amide bonds. The van der Waals surface area contributed by atoms with Gasteiger partial charge in [-0.25, -0.2) is 9.97 Å². The standard InChI is InChI=1S/C53H40N6O/c54-40(33-34-13-5-1-6-14-34)53(60)55-39-23-21-38(22-24-39)52-47-31-29-45(58-47)50(36-17-9-3-10-18-36)43-27-25-41(56-43)49(35-15-7-2-8-16-35)42-26-28-44(57-42)51(37-19-11-4-12-20-37)46-30-32-48(52)59-46/h1-32,40,56,59H,33,54H2,(H,55,60)/t40-/m0/s1. The highest BCUT2D eigenvalue weighted by molar-refractivity contribution is 6.00. The molecular formula is C53H40N6O. The van der Waals surface area contributed by atoms with E-state index in [1.807, 2.05) is 72.8 Å². The van der Waals surface area contributed by atoms with Gasteiger partial charge in [-0.1, -0.05) is 133 Å².